The van der Waals surface area contributed by atoms with Crippen LogP contribution in [0.5, 0.6) is 0 Å². The average molecular weight is 276 g/mol. The summed E-state index contributed by atoms with van der Waals surface area (Å²) in [6, 6.07) is 7.14. The lowest BCUT2D eigenvalue weighted by atomic mass is 9.95. The van der Waals surface area contributed by atoms with Crippen molar-refractivity contribution in [2.75, 3.05) is 13.1 Å². The van der Waals surface area contributed by atoms with Crippen molar-refractivity contribution in [2.45, 2.75) is 38.3 Å². The molecular weight excluding hydrogens is 255 g/mol. The number of carbonyl (C=O) groups is 1. The topological polar surface area (TPSA) is 32.3 Å². The third-order valence-corrected chi connectivity index (χ3v) is 4.20. The van der Waals surface area contributed by atoms with E-state index < -0.39 is 0 Å². The highest BCUT2D eigenvalue weighted by atomic mass is 19.1. The molecule has 0 radical (unpaired) electrons. The Morgan fingerprint density at radius 1 is 1.15 bits per heavy atom. The van der Waals surface area contributed by atoms with Crippen molar-refractivity contribution >= 4 is 5.91 Å². The van der Waals surface area contributed by atoms with Crippen molar-refractivity contribution in [3.8, 4) is 0 Å². The number of nitrogens with zero attached hydrogens (tertiary/aromatic N) is 1. The normalized spacial score (nSPS) is 20.9. The van der Waals surface area contributed by atoms with Gasteiger partial charge in [0.2, 0.25) is 5.91 Å². The fraction of sp³-hybridized carbons (Fsp3) is 0.562. The number of hydrogen-bond donors (Lipinski definition) is 1. The number of benzene rings is 1. The Hall–Kier alpha value is -1.42. The number of nitrogens with one attached hydrogen (secondary N) is 1. The molecule has 3 rings (SSSR count). The standard InChI is InChI=1S/C16H21FN2O/c17-14-3-1-12(2-4-14)11-19-9-7-13(8-10-19)16(20)18-15-5-6-15/h1-4,13,15H,5-11H2,(H,18,20). The van der Waals surface area contributed by atoms with Crippen molar-refractivity contribution in [3.63, 3.8) is 0 Å². The Kier molecular flexibility index (Phi) is 4.01. The lowest BCUT2D eigenvalue weighted by molar-refractivity contribution is -0.126. The molecule has 1 saturated carbocycles. The van der Waals surface area contributed by atoms with Crippen molar-refractivity contribution in [3.05, 3.63) is 35.6 Å². The Morgan fingerprint density at radius 3 is 2.40 bits per heavy atom. The molecule has 1 aromatic rings. The molecule has 1 aliphatic heterocycles. The van der Waals surface area contributed by atoms with E-state index in [1.165, 1.54) is 12.1 Å². The molecule has 3 nitrogen and oxygen atoms in total. The van der Waals surface area contributed by atoms with Gasteiger partial charge in [-0.15, -0.1) is 0 Å². The maximum absolute atomic E-state index is 12.9. The van der Waals surface area contributed by atoms with Crippen LogP contribution < -0.4 is 5.32 Å². The van der Waals surface area contributed by atoms with Crippen LogP contribution in [0.1, 0.15) is 31.2 Å². The Labute approximate surface area is 119 Å². The Balaban J connectivity index is 1.45. The molecule has 1 saturated heterocycles. The van der Waals surface area contributed by atoms with E-state index >= 15 is 0 Å². The zero-order chi connectivity index (χ0) is 13.9. The lowest BCUT2D eigenvalue weighted by Crippen LogP contribution is -2.40. The van der Waals surface area contributed by atoms with Crippen LogP contribution in [0.3, 0.4) is 0 Å². The number of piperidine rings is 1. The number of rotatable bonds is 4. The monoisotopic (exact) mass is 276 g/mol. The van der Waals surface area contributed by atoms with Gasteiger partial charge in [-0.25, -0.2) is 4.39 Å². The van der Waals surface area contributed by atoms with Gasteiger partial charge in [-0.3, -0.25) is 9.69 Å². The van der Waals surface area contributed by atoms with Gasteiger partial charge in [0.15, 0.2) is 0 Å². The zero-order valence-corrected chi connectivity index (χ0v) is 11.6. The van der Waals surface area contributed by atoms with Crippen LogP contribution in [-0.4, -0.2) is 29.9 Å². The van der Waals surface area contributed by atoms with E-state index in [1.807, 2.05) is 12.1 Å². The third kappa shape index (κ3) is 3.57. The highest BCUT2D eigenvalue weighted by Crippen LogP contribution is 2.23. The van der Waals surface area contributed by atoms with Crippen LogP contribution in [0, 0.1) is 11.7 Å². The highest BCUT2D eigenvalue weighted by Gasteiger charge is 2.29. The van der Waals surface area contributed by atoms with E-state index in [-0.39, 0.29) is 17.6 Å². The van der Waals surface area contributed by atoms with Crippen molar-refractivity contribution in [2.24, 2.45) is 5.92 Å². The molecule has 1 amide bonds. The SMILES string of the molecule is O=C(NC1CC1)C1CCN(Cc2ccc(F)cc2)CC1. The second-order valence-corrected chi connectivity index (χ2v) is 5.96. The molecule has 0 aromatic heterocycles. The van der Waals surface area contributed by atoms with Gasteiger partial charge in [0.05, 0.1) is 0 Å². The molecule has 1 heterocycles. The summed E-state index contributed by atoms with van der Waals surface area (Å²) in [6.45, 7) is 2.73. The second-order valence-electron chi connectivity index (χ2n) is 5.96. The Morgan fingerprint density at radius 2 is 1.80 bits per heavy atom. The summed E-state index contributed by atoms with van der Waals surface area (Å²) in [5.41, 5.74) is 1.13. The molecule has 2 fully saturated rings. The first-order valence-corrected chi connectivity index (χ1v) is 7.48. The summed E-state index contributed by atoms with van der Waals surface area (Å²) in [6.07, 6.45) is 4.16. The van der Waals surface area contributed by atoms with Crippen molar-refractivity contribution in [1.82, 2.24) is 10.2 Å². The summed E-state index contributed by atoms with van der Waals surface area (Å²) in [5, 5.41) is 3.10. The predicted octanol–water partition coefficient (Wildman–Crippen LogP) is 2.32. The van der Waals surface area contributed by atoms with Crippen LogP contribution in [0.4, 0.5) is 4.39 Å². The molecule has 1 aromatic carbocycles. The van der Waals surface area contributed by atoms with E-state index in [9.17, 15) is 9.18 Å². The molecule has 0 spiro atoms. The summed E-state index contributed by atoms with van der Waals surface area (Å²) in [7, 11) is 0. The van der Waals surface area contributed by atoms with E-state index in [2.05, 4.69) is 10.2 Å². The average Bonchev–Trinajstić information content (AvgIpc) is 3.26. The molecule has 1 N–H and O–H groups in total. The summed E-state index contributed by atoms with van der Waals surface area (Å²) < 4.78 is 12.9. The van der Waals surface area contributed by atoms with Crippen LogP contribution in [0.25, 0.3) is 0 Å². The second kappa shape index (κ2) is 5.92. The van der Waals surface area contributed by atoms with Gasteiger partial charge in [-0.1, -0.05) is 12.1 Å². The lowest BCUT2D eigenvalue weighted by Gasteiger charge is -2.31. The summed E-state index contributed by atoms with van der Waals surface area (Å²) in [4.78, 5) is 14.3. The predicted molar refractivity (Wildman–Crippen MR) is 75.6 cm³/mol. The number of hydrogen-bond acceptors (Lipinski definition) is 2. The van der Waals surface area contributed by atoms with E-state index in [0.29, 0.717) is 6.04 Å². The van der Waals surface area contributed by atoms with Crippen molar-refractivity contribution < 1.29 is 9.18 Å². The largest absolute Gasteiger partial charge is 0.353 e. The fourth-order valence-corrected chi connectivity index (χ4v) is 2.75. The quantitative estimate of drug-likeness (QED) is 0.915. The van der Waals surface area contributed by atoms with Crippen LogP contribution in [0.2, 0.25) is 0 Å². The number of halogens is 1. The van der Waals surface area contributed by atoms with Gasteiger partial charge < -0.3 is 5.32 Å². The van der Waals surface area contributed by atoms with Crippen molar-refractivity contribution in [1.29, 1.82) is 0 Å². The molecule has 20 heavy (non-hydrogen) atoms. The molecule has 0 bridgehead atoms. The summed E-state index contributed by atoms with van der Waals surface area (Å²) in [5.74, 6) is 0.234. The first kappa shape index (κ1) is 13.6. The maximum Gasteiger partial charge on any atom is 0.223 e. The van der Waals surface area contributed by atoms with Crippen LogP contribution in [0.15, 0.2) is 24.3 Å². The maximum atomic E-state index is 12.9. The van der Waals surface area contributed by atoms with Crippen LogP contribution >= 0.6 is 0 Å². The number of amides is 1. The first-order chi connectivity index (χ1) is 9.70. The highest BCUT2D eigenvalue weighted by molar-refractivity contribution is 5.79. The number of carbonyl (C=O) groups excluding carboxylic acids is 1. The third-order valence-electron chi connectivity index (χ3n) is 4.20. The first-order valence-electron chi connectivity index (χ1n) is 7.48. The summed E-state index contributed by atoms with van der Waals surface area (Å²) >= 11 is 0. The zero-order valence-electron chi connectivity index (χ0n) is 11.6. The van der Waals surface area contributed by atoms with Crippen LogP contribution in [-0.2, 0) is 11.3 Å². The molecule has 4 heteroatoms. The van der Waals surface area contributed by atoms with Gasteiger partial charge in [0.1, 0.15) is 5.82 Å². The minimum Gasteiger partial charge on any atom is -0.353 e. The fourth-order valence-electron chi connectivity index (χ4n) is 2.75. The van der Waals surface area contributed by atoms with Gasteiger partial charge in [0.25, 0.3) is 0 Å². The molecule has 108 valence electrons. The van der Waals surface area contributed by atoms with E-state index in [0.717, 1.165) is 50.9 Å². The van der Waals surface area contributed by atoms with E-state index in [1.54, 1.807) is 0 Å². The smallest absolute Gasteiger partial charge is 0.223 e. The van der Waals surface area contributed by atoms with Gasteiger partial charge in [-0.05, 0) is 56.5 Å². The molecule has 1 aliphatic carbocycles. The minimum absolute atomic E-state index is 0.181. The minimum atomic E-state index is -0.191. The Bertz CT molecular complexity index is 462. The molecular formula is C16H21FN2O. The molecule has 2 aliphatic rings. The number of likely N-dealkylation sites (tertiary alicyclic amines) is 1. The molecule has 0 atom stereocenters. The van der Waals surface area contributed by atoms with Gasteiger partial charge >= 0.3 is 0 Å². The van der Waals surface area contributed by atoms with Gasteiger partial charge in [0, 0.05) is 18.5 Å². The molecule has 0 unspecified atom stereocenters. The van der Waals surface area contributed by atoms with E-state index in [4.69, 9.17) is 0 Å². The van der Waals surface area contributed by atoms with Gasteiger partial charge in [-0.2, -0.15) is 0 Å².